The van der Waals surface area contributed by atoms with E-state index in [2.05, 4.69) is 29.7 Å². The standard InChI is InChI=1S/C24H32F2N2O2S/c1-3-20-7-8-23(31-20)24(9-5-4-6-10-24)27-15-22(30)21(28-16(2)29)13-17-11-18(25)14-19(26)12-17/h7-8,11-12,14,21-22,27,30H,3-6,9-10,13,15H2,1-2H3,(H,28,29)/t21-,22+/m0/s1. The number of amides is 1. The number of benzene rings is 1. The van der Waals surface area contributed by atoms with Gasteiger partial charge in [-0.2, -0.15) is 0 Å². The van der Waals surface area contributed by atoms with Gasteiger partial charge in [-0.25, -0.2) is 8.78 Å². The van der Waals surface area contributed by atoms with Crippen molar-refractivity contribution in [3.8, 4) is 0 Å². The maximum atomic E-state index is 13.6. The molecule has 2 atom stereocenters. The minimum absolute atomic E-state index is 0.142. The number of hydrogen-bond acceptors (Lipinski definition) is 4. The predicted octanol–water partition coefficient (Wildman–Crippen LogP) is 4.45. The molecular weight excluding hydrogens is 418 g/mol. The summed E-state index contributed by atoms with van der Waals surface area (Å²) >= 11 is 1.82. The lowest BCUT2D eigenvalue weighted by Gasteiger charge is -2.39. The Morgan fingerprint density at radius 2 is 1.84 bits per heavy atom. The third kappa shape index (κ3) is 6.34. The van der Waals surface area contributed by atoms with Gasteiger partial charge in [-0.1, -0.05) is 26.2 Å². The van der Waals surface area contributed by atoms with Crippen LogP contribution in [0, 0.1) is 11.6 Å². The van der Waals surface area contributed by atoms with Gasteiger partial charge in [0.05, 0.1) is 17.7 Å². The van der Waals surface area contributed by atoms with Crippen LogP contribution in [0.4, 0.5) is 8.78 Å². The van der Waals surface area contributed by atoms with Gasteiger partial charge in [-0.15, -0.1) is 11.3 Å². The summed E-state index contributed by atoms with van der Waals surface area (Å²) in [6, 6.07) is 6.99. The van der Waals surface area contributed by atoms with Gasteiger partial charge in [0, 0.05) is 29.3 Å². The lowest BCUT2D eigenvalue weighted by Crippen LogP contribution is -2.52. The normalized spacial score (nSPS) is 17.8. The van der Waals surface area contributed by atoms with Gasteiger partial charge in [0.1, 0.15) is 11.6 Å². The Labute approximate surface area is 187 Å². The fourth-order valence-electron chi connectivity index (χ4n) is 4.46. The molecule has 3 rings (SSSR count). The molecule has 0 aliphatic heterocycles. The summed E-state index contributed by atoms with van der Waals surface area (Å²) in [5.41, 5.74) is 0.219. The molecule has 170 valence electrons. The van der Waals surface area contributed by atoms with Crippen molar-refractivity contribution in [1.82, 2.24) is 10.6 Å². The molecule has 0 bridgehead atoms. The average molecular weight is 451 g/mol. The van der Waals surface area contributed by atoms with Crippen molar-refractivity contribution in [2.75, 3.05) is 6.54 Å². The third-order valence-corrected chi connectivity index (χ3v) is 7.50. The van der Waals surface area contributed by atoms with Crippen LogP contribution in [0.15, 0.2) is 30.3 Å². The highest BCUT2D eigenvalue weighted by Gasteiger charge is 2.36. The van der Waals surface area contributed by atoms with Gasteiger partial charge in [-0.05, 0) is 55.5 Å². The molecular formula is C24H32F2N2O2S. The molecule has 1 amide bonds. The van der Waals surface area contributed by atoms with Gasteiger partial charge in [0.15, 0.2) is 0 Å². The van der Waals surface area contributed by atoms with Gasteiger partial charge >= 0.3 is 0 Å². The van der Waals surface area contributed by atoms with E-state index in [1.165, 1.54) is 35.2 Å². The number of rotatable bonds is 9. The number of nitrogens with one attached hydrogen (secondary N) is 2. The molecule has 7 heteroatoms. The van der Waals surface area contributed by atoms with Crippen LogP contribution in [0.1, 0.15) is 61.3 Å². The molecule has 1 fully saturated rings. The molecule has 1 aliphatic carbocycles. The quantitative estimate of drug-likeness (QED) is 0.529. The van der Waals surface area contributed by atoms with Crippen molar-refractivity contribution >= 4 is 17.2 Å². The minimum Gasteiger partial charge on any atom is -0.390 e. The Hall–Kier alpha value is -1.83. The summed E-state index contributed by atoms with van der Waals surface area (Å²) in [6.07, 6.45) is 5.70. The minimum atomic E-state index is -0.903. The summed E-state index contributed by atoms with van der Waals surface area (Å²) < 4.78 is 27.2. The lowest BCUT2D eigenvalue weighted by molar-refractivity contribution is -0.120. The molecule has 1 aromatic heterocycles. The van der Waals surface area contributed by atoms with Crippen LogP contribution < -0.4 is 10.6 Å². The van der Waals surface area contributed by atoms with Crippen molar-refractivity contribution in [3.63, 3.8) is 0 Å². The van der Waals surface area contributed by atoms with E-state index in [9.17, 15) is 18.7 Å². The first kappa shape index (κ1) is 23.8. The lowest BCUT2D eigenvalue weighted by atomic mass is 9.80. The first-order valence-electron chi connectivity index (χ1n) is 11.1. The number of carbonyl (C=O) groups excluding carboxylic acids is 1. The number of aliphatic hydroxyl groups excluding tert-OH is 1. The highest BCUT2D eigenvalue weighted by atomic mass is 32.1. The second-order valence-corrected chi connectivity index (χ2v) is 9.67. The van der Waals surface area contributed by atoms with Gasteiger partial charge in [0.25, 0.3) is 0 Å². The van der Waals surface area contributed by atoms with Crippen LogP contribution in [0.5, 0.6) is 0 Å². The molecule has 1 aromatic carbocycles. The SMILES string of the molecule is CCc1ccc(C2(NC[C@@H](O)[C@H](Cc3cc(F)cc(F)c3)NC(C)=O)CCCCC2)s1. The molecule has 2 aromatic rings. The highest BCUT2D eigenvalue weighted by Crippen LogP contribution is 2.40. The number of aliphatic hydroxyl groups is 1. The molecule has 1 aliphatic rings. The molecule has 3 N–H and O–H groups in total. The predicted molar refractivity (Wildman–Crippen MR) is 120 cm³/mol. The first-order chi connectivity index (χ1) is 14.8. The van der Waals surface area contributed by atoms with Gasteiger partial charge in [-0.3, -0.25) is 4.79 Å². The Bertz CT molecular complexity index is 860. The molecule has 0 unspecified atom stereocenters. The van der Waals surface area contributed by atoms with Gasteiger partial charge in [0.2, 0.25) is 5.91 Å². The van der Waals surface area contributed by atoms with E-state index in [4.69, 9.17) is 0 Å². The van der Waals surface area contributed by atoms with E-state index in [0.717, 1.165) is 38.2 Å². The molecule has 31 heavy (non-hydrogen) atoms. The van der Waals surface area contributed by atoms with Crippen molar-refractivity contribution in [1.29, 1.82) is 0 Å². The highest BCUT2D eigenvalue weighted by molar-refractivity contribution is 7.12. The Morgan fingerprint density at radius 3 is 2.42 bits per heavy atom. The van der Waals surface area contributed by atoms with Crippen LogP contribution in [0.3, 0.4) is 0 Å². The molecule has 0 spiro atoms. The zero-order chi connectivity index (χ0) is 22.4. The van der Waals surface area contributed by atoms with Crippen LogP contribution in [0.2, 0.25) is 0 Å². The second-order valence-electron chi connectivity index (χ2n) is 8.50. The Morgan fingerprint density at radius 1 is 1.16 bits per heavy atom. The fourth-order valence-corrected chi connectivity index (χ4v) is 5.63. The zero-order valence-corrected chi connectivity index (χ0v) is 19.0. The summed E-state index contributed by atoms with van der Waals surface area (Å²) in [5, 5.41) is 17.3. The largest absolute Gasteiger partial charge is 0.390 e. The molecule has 0 radical (unpaired) electrons. The topological polar surface area (TPSA) is 61.4 Å². The summed E-state index contributed by atoms with van der Waals surface area (Å²) in [6.45, 7) is 3.80. The van der Waals surface area contributed by atoms with E-state index >= 15 is 0 Å². The average Bonchev–Trinajstić information content (AvgIpc) is 3.21. The summed E-state index contributed by atoms with van der Waals surface area (Å²) in [7, 11) is 0. The van der Waals surface area contributed by atoms with E-state index in [0.29, 0.717) is 5.56 Å². The van der Waals surface area contributed by atoms with Crippen LogP contribution in [0.25, 0.3) is 0 Å². The third-order valence-electron chi connectivity index (χ3n) is 6.07. The molecule has 4 nitrogen and oxygen atoms in total. The number of hydrogen-bond donors (Lipinski definition) is 3. The second kappa shape index (κ2) is 10.7. The molecule has 1 heterocycles. The number of aryl methyl sites for hydroxylation is 1. The first-order valence-corrected chi connectivity index (χ1v) is 11.9. The summed E-state index contributed by atoms with van der Waals surface area (Å²) in [4.78, 5) is 14.4. The zero-order valence-electron chi connectivity index (χ0n) is 18.2. The smallest absolute Gasteiger partial charge is 0.217 e. The monoisotopic (exact) mass is 450 g/mol. The van der Waals surface area contributed by atoms with Crippen LogP contribution in [-0.4, -0.2) is 29.7 Å². The van der Waals surface area contributed by atoms with Crippen molar-refractivity contribution in [2.24, 2.45) is 0 Å². The van der Waals surface area contributed by atoms with E-state index in [-0.39, 0.29) is 24.4 Å². The fraction of sp³-hybridized carbons (Fsp3) is 0.542. The molecule has 1 saturated carbocycles. The Kier molecular flexibility index (Phi) is 8.19. The van der Waals surface area contributed by atoms with E-state index in [1.54, 1.807) is 0 Å². The van der Waals surface area contributed by atoms with Crippen LogP contribution >= 0.6 is 11.3 Å². The maximum Gasteiger partial charge on any atom is 0.217 e. The molecule has 0 saturated heterocycles. The number of halogens is 2. The number of thiophene rings is 1. The van der Waals surface area contributed by atoms with Crippen molar-refractivity contribution in [2.45, 2.75) is 76.5 Å². The van der Waals surface area contributed by atoms with Gasteiger partial charge < -0.3 is 15.7 Å². The van der Waals surface area contributed by atoms with E-state index < -0.39 is 23.8 Å². The number of carbonyl (C=O) groups is 1. The maximum absolute atomic E-state index is 13.6. The van der Waals surface area contributed by atoms with Crippen molar-refractivity contribution < 1.29 is 18.7 Å². The van der Waals surface area contributed by atoms with E-state index in [1.807, 2.05) is 11.3 Å². The van der Waals surface area contributed by atoms with Crippen LogP contribution in [-0.2, 0) is 23.2 Å². The Balaban J connectivity index is 1.74. The van der Waals surface area contributed by atoms with Crippen molar-refractivity contribution in [3.05, 3.63) is 57.3 Å². The summed E-state index contributed by atoms with van der Waals surface area (Å²) in [5.74, 6) is -1.64.